The Balaban J connectivity index is 0.000000201. The Hall–Kier alpha value is -11.5. The molecule has 15 rings (SSSR count). The molecule has 0 radical (unpaired) electrons. The van der Waals surface area contributed by atoms with Gasteiger partial charge in [-0.15, -0.1) is 0 Å². The number of halogens is 18. The van der Waals surface area contributed by atoms with Gasteiger partial charge in [0, 0.05) is 84.5 Å². The van der Waals surface area contributed by atoms with Crippen molar-refractivity contribution in [3.8, 4) is 17.2 Å². The van der Waals surface area contributed by atoms with Crippen LogP contribution in [0.2, 0.25) is 0 Å². The third kappa shape index (κ3) is 29.3. The predicted octanol–water partition coefficient (Wildman–Crippen LogP) is 17.4. The van der Waals surface area contributed by atoms with Crippen LogP contribution in [0.5, 0.6) is 17.2 Å². The monoisotopic (exact) mass is 2230 g/mol. The van der Waals surface area contributed by atoms with Crippen molar-refractivity contribution in [3.05, 3.63) is 229 Å². The van der Waals surface area contributed by atoms with E-state index in [4.69, 9.17) is 61.1 Å². The summed E-state index contributed by atoms with van der Waals surface area (Å²) in [6.45, 7) is 11.5. The zero-order valence-corrected chi connectivity index (χ0v) is 82.4. The first kappa shape index (κ1) is 114. The van der Waals surface area contributed by atoms with E-state index in [0.717, 1.165) is 32.3 Å². The maximum absolute atomic E-state index is 16.1. The van der Waals surface area contributed by atoms with Crippen molar-refractivity contribution in [2.45, 2.75) is 264 Å². The molecule has 9 aromatic carbocycles. The highest BCUT2D eigenvalue weighted by Crippen LogP contribution is 2.46. The lowest BCUT2D eigenvalue weighted by Gasteiger charge is -2.41. The minimum absolute atomic E-state index is 0.000277. The number of aliphatic hydroxyl groups is 3. The van der Waals surface area contributed by atoms with Gasteiger partial charge in [0.2, 0.25) is 0 Å². The van der Waals surface area contributed by atoms with Gasteiger partial charge in [0.1, 0.15) is 17.2 Å². The summed E-state index contributed by atoms with van der Waals surface area (Å²) in [6, 6.07) is 38.5. The number of nitrogens with one attached hydrogen (secondary N) is 3. The summed E-state index contributed by atoms with van der Waals surface area (Å²) in [6.07, 6.45) is -13.3. The van der Waals surface area contributed by atoms with E-state index in [1.165, 1.54) is 87.5 Å². The minimum atomic E-state index is -5.08. The van der Waals surface area contributed by atoms with Crippen LogP contribution < -0.4 is 47.4 Å². The van der Waals surface area contributed by atoms with Crippen LogP contribution >= 0.6 is 47.8 Å². The lowest BCUT2D eigenvalue weighted by Crippen LogP contribution is -2.61. The normalized spacial score (nSPS) is 20.5. The number of carbonyl (C=O) groups is 9. The molecule has 780 valence electrons. The first-order chi connectivity index (χ1) is 67.1. The molecule has 0 aromatic heterocycles. The number of carboxylic acids is 3. The van der Waals surface area contributed by atoms with Crippen LogP contribution in [0.3, 0.4) is 0 Å². The number of fused-ring (bicyclic) bond motifs is 9. The van der Waals surface area contributed by atoms with Gasteiger partial charge in [-0.2, -0.15) is 65.9 Å². The van der Waals surface area contributed by atoms with Gasteiger partial charge in [-0.3, -0.25) is 28.8 Å². The Kier molecular flexibility index (Phi) is 38.0. The molecule has 6 fully saturated rings. The van der Waals surface area contributed by atoms with E-state index in [-0.39, 0.29) is 89.4 Å². The van der Waals surface area contributed by atoms with Gasteiger partial charge in [0.25, 0.3) is 35.4 Å². The quantitative estimate of drug-likeness (QED) is 0.0250. The molecule has 6 aliphatic rings. The number of nitrogens with zero attached hydrogens (tertiary/aromatic N) is 3. The summed E-state index contributed by atoms with van der Waals surface area (Å²) in [5.41, 5.74) is 17.8. The van der Waals surface area contributed by atoms with Gasteiger partial charge in [-0.05, 0) is 259 Å². The van der Waals surface area contributed by atoms with E-state index in [1.807, 2.05) is 59.7 Å². The number of aliphatic carboxylic acids is 3. The molecule has 6 saturated heterocycles. The highest BCUT2D eigenvalue weighted by atomic mass is 79.9. The number of rotatable bonds is 24. The Morgan fingerprint density at radius 3 is 0.674 bits per heavy atom. The number of carboxylic acid groups (broad SMARTS) is 3. The highest BCUT2D eigenvalue weighted by molar-refractivity contribution is 9.11. The zero-order chi connectivity index (χ0) is 107. The molecule has 0 saturated carbocycles. The van der Waals surface area contributed by atoms with E-state index in [0.29, 0.717) is 108 Å². The van der Waals surface area contributed by atoms with Crippen molar-refractivity contribution < 1.29 is 154 Å². The molecule has 6 aliphatic heterocycles. The molecule has 144 heavy (non-hydrogen) atoms. The summed E-state index contributed by atoms with van der Waals surface area (Å²) >= 11 is 9.74. The number of hydrogen-bond acceptors (Lipinski definition) is 18. The molecule has 27 nitrogen and oxygen atoms in total. The van der Waals surface area contributed by atoms with E-state index >= 15 is 26.3 Å². The van der Waals surface area contributed by atoms with Crippen molar-refractivity contribution in [2.24, 2.45) is 17.2 Å². The molecule has 6 heterocycles. The fourth-order valence-corrected chi connectivity index (χ4v) is 18.8. The lowest BCUT2D eigenvalue weighted by atomic mass is 9.94. The number of carbonyl (C=O) groups excluding carboxylic acids is 6. The molecule has 0 aliphatic carbocycles. The maximum atomic E-state index is 16.1. The first-order valence-corrected chi connectivity index (χ1v) is 47.6. The van der Waals surface area contributed by atoms with E-state index < -0.39 is 143 Å². The second-order valence-electron chi connectivity index (χ2n) is 36.2. The van der Waals surface area contributed by atoms with Crippen molar-refractivity contribution in [2.75, 3.05) is 0 Å². The van der Waals surface area contributed by atoms with Gasteiger partial charge in [-0.25, -0.2) is 14.4 Å². The molecular formula is C99H105Br3F15N9O18. The van der Waals surface area contributed by atoms with Crippen LogP contribution in [0.25, 0.3) is 32.3 Å². The van der Waals surface area contributed by atoms with E-state index in [2.05, 4.69) is 63.7 Å². The third-order valence-electron chi connectivity index (χ3n) is 24.5. The van der Waals surface area contributed by atoms with Crippen LogP contribution in [0, 0.1) is 0 Å². The maximum Gasteiger partial charge on any atom is 0.490 e. The summed E-state index contributed by atoms with van der Waals surface area (Å²) < 4.78 is 211. The summed E-state index contributed by atoms with van der Waals surface area (Å²) in [4.78, 5) is 113. The Labute approximate surface area is 840 Å². The fourth-order valence-electron chi connectivity index (χ4n) is 18.0. The van der Waals surface area contributed by atoms with Crippen molar-refractivity contribution in [3.63, 3.8) is 0 Å². The number of amides is 6. The predicted molar refractivity (Wildman–Crippen MR) is 508 cm³/mol. The number of alkyl halides is 15. The van der Waals surface area contributed by atoms with Crippen molar-refractivity contribution >= 4 is 133 Å². The Morgan fingerprint density at radius 2 is 0.493 bits per heavy atom. The van der Waals surface area contributed by atoms with Crippen LogP contribution in [0.4, 0.5) is 65.9 Å². The SMILES string of the molecule is CC(C)Oc1ccc2cc([C@@H](O)C(=O)N[C@@H](C(=O)N3C4CCC3CC(N)C4)C(F)(F)c3ccc(Br)cc3)ccc2c1.CC(C)Oc1ccc2cc([C@@H](O)C(=O)N[C@H](C(=O)N3C4CCC3CC(N)C4)C(F)(F)c3ccc(Br)cc3)ccc2c1.CC(C)Oc1ccc2cc([C@H](O)C(=O)N[C@@H](C(=O)N3C4CCC3CC(N)C4)C(F)(F)c3ccc(Br)cc3)ccc2c1.O=C(O)C(F)(F)F.O=C(O)C(F)(F)F.O=C(O)C(F)(F)F. The molecule has 45 heteroatoms. The molecule has 12 atom stereocenters. The molecule has 15 N–H and O–H groups in total. The molecular weight excluding hydrogens is 2130 g/mol. The van der Waals surface area contributed by atoms with Gasteiger partial charge in [0.15, 0.2) is 36.4 Å². The van der Waals surface area contributed by atoms with Crippen molar-refractivity contribution in [1.29, 1.82) is 0 Å². The van der Waals surface area contributed by atoms with Crippen LogP contribution in [0.15, 0.2) is 195 Å². The molecule has 0 spiro atoms. The number of benzene rings is 9. The topological polar surface area (TPSA) is 427 Å². The smallest absolute Gasteiger partial charge is 0.490 e. The molecule has 6 unspecified atom stereocenters. The zero-order valence-electron chi connectivity index (χ0n) is 77.7. The number of hydrogen-bond donors (Lipinski definition) is 12. The van der Waals surface area contributed by atoms with Gasteiger partial charge < -0.3 is 92.7 Å². The standard InChI is InChI=1S/3C31H34BrF2N3O4.3C2HF3O2/c3*1-17(2)41-26-12-5-18-13-20(4-3-19(18)14-26)27(38)29(39)36-28(31(33,34)21-6-8-22(32)9-7-21)30(40)37-24-10-11-25(37)16-23(35)15-24;3*3-2(4,5)1(6)7/h3*3-9,12-14,17,23-25,27-28,38H,10-11,15-16,35H2,1-2H3,(H,36,39);3*(H,6,7)/t23?,24?,25?,27-,28+;2*23?,24?,25?,27-,28-;;;/m110.../s1. The average Bonchev–Trinajstić information content (AvgIpc) is 1.54. The number of ether oxygens (including phenoxy) is 3. The molecule has 6 bridgehead atoms. The van der Waals surface area contributed by atoms with Crippen LogP contribution in [-0.4, -0.2) is 208 Å². The second-order valence-corrected chi connectivity index (χ2v) is 39.0. The van der Waals surface area contributed by atoms with Crippen LogP contribution in [-0.2, 0) is 60.9 Å². The van der Waals surface area contributed by atoms with Crippen LogP contribution in [0.1, 0.15) is 170 Å². The highest BCUT2D eigenvalue weighted by Gasteiger charge is 2.58. The van der Waals surface area contributed by atoms with Crippen molar-refractivity contribution in [1.82, 2.24) is 30.7 Å². The lowest BCUT2D eigenvalue weighted by molar-refractivity contribution is -0.193. The molecule has 9 aromatic rings. The number of aliphatic hydroxyl groups excluding tert-OH is 3. The summed E-state index contributed by atoms with van der Waals surface area (Å²) in [5, 5.41) is 65.6. The van der Waals surface area contributed by atoms with Gasteiger partial charge in [-0.1, -0.05) is 139 Å². The Morgan fingerprint density at radius 1 is 0.312 bits per heavy atom. The third-order valence-corrected chi connectivity index (χ3v) is 26.1. The first-order valence-electron chi connectivity index (χ1n) is 45.3. The molecule has 6 amide bonds. The largest absolute Gasteiger partial charge is 0.491 e. The van der Waals surface area contributed by atoms with E-state index in [9.17, 15) is 83.6 Å². The summed E-state index contributed by atoms with van der Waals surface area (Å²) in [7, 11) is 0. The average molecular weight is 2230 g/mol. The number of piperidine rings is 3. The summed E-state index contributed by atoms with van der Waals surface area (Å²) in [5.74, 6) is -23.3. The number of nitrogens with two attached hydrogens (primary N) is 3. The Bertz CT molecular complexity index is 5450. The van der Waals surface area contributed by atoms with E-state index in [1.54, 1.807) is 91.0 Å². The fraction of sp³-hybridized carbons (Fsp3) is 0.424. The van der Waals surface area contributed by atoms with Gasteiger partial charge in [0.05, 0.1) is 18.3 Å². The second kappa shape index (κ2) is 47.8. The minimum Gasteiger partial charge on any atom is -0.491 e. The van der Waals surface area contributed by atoms with Gasteiger partial charge >= 0.3 is 54.2 Å².